The smallest absolute Gasteiger partial charge is 0.222 e. The summed E-state index contributed by atoms with van der Waals surface area (Å²) in [6.45, 7) is 2.19. The van der Waals surface area contributed by atoms with Gasteiger partial charge in [-0.2, -0.15) is 0 Å². The van der Waals surface area contributed by atoms with E-state index in [2.05, 4.69) is 16.5 Å². The maximum Gasteiger partial charge on any atom is 0.406 e. The highest BCUT2D eigenvalue weighted by Gasteiger charge is 2.09. The summed E-state index contributed by atoms with van der Waals surface area (Å²) in [6, 6.07) is 1.28. The molecule has 0 aromatic heterocycles. The van der Waals surface area contributed by atoms with Gasteiger partial charge in [-0.15, -0.1) is 0 Å². The van der Waals surface area contributed by atoms with Crippen LogP contribution in [0.2, 0.25) is 6.04 Å². The van der Waals surface area contributed by atoms with E-state index in [1.807, 2.05) is 6.08 Å². The molecule has 0 aromatic carbocycles. The second-order valence-electron chi connectivity index (χ2n) is 2.47. The van der Waals surface area contributed by atoms with Gasteiger partial charge in [0.15, 0.2) is 0 Å². The Morgan fingerprint density at radius 3 is 3.18 bits per heavy atom. The van der Waals surface area contributed by atoms with Crippen LogP contribution in [0.5, 0.6) is 0 Å². The average molecular weight is 173 g/mol. The highest BCUT2D eigenvalue weighted by molar-refractivity contribution is 6.44. The van der Waals surface area contributed by atoms with Gasteiger partial charge in [0, 0.05) is 0 Å². The van der Waals surface area contributed by atoms with Gasteiger partial charge in [0.05, 0.1) is 10.7 Å². The van der Waals surface area contributed by atoms with Gasteiger partial charge in [-0.25, -0.2) is 4.89 Å². The van der Waals surface area contributed by atoms with Crippen LogP contribution in [-0.4, -0.2) is 15.8 Å². The maximum absolute atomic E-state index is 4.79. The van der Waals surface area contributed by atoms with E-state index in [1.165, 1.54) is 25.2 Å². The highest BCUT2D eigenvalue weighted by Crippen LogP contribution is 2.03. The van der Waals surface area contributed by atoms with Crippen LogP contribution in [0.25, 0.3) is 0 Å². The molecular weight excluding hydrogens is 160 g/mol. The Kier molecular flexibility index (Phi) is 3.75. The lowest BCUT2D eigenvalue weighted by Gasteiger charge is -1.98. The molecule has 1 heterocycles. The summed E-state index contributed by atoms with van der Waals surface area (Å²) in [5.41, 5.74) is 0. The predicted octanol–water partition coefficient (Wildman–Crippen LogP) is 0.826. The van der Waals surface area contributed by atoms with Crippen LogP contribution in [0, 0.1) is 0 Å². The zero-order valence-corrected chi connectivity index (χ0v) is 8.12. The molecule has 0 bridgehead atoms. The van der Waals surface area contributed by atoms with Crippen molar-refractivity contribution in [1.29, 1.82) is 0 Å². The maximum atomic E-state index is 4.79. The molecule has 4 heteroatoms. The fourth-order valence-electron chi connectivity index (χ4n) is 0.892. The van der Waals surface area contributed by atoms with Crippen LogP contribution in [0.3, 0.4) is 0 Å². The Hall–Kier alpha value is -0.773. The fraction of sp³-hybridized carbons (Fsp3) is 0.571. The van der Waals surface area contributed by atoms with Gasteiger partial charge in [-0.05, 0) is 0 Å². The first kappa shape index (κ1) is 8.32. The van der Waals surface area contributed by atoms with Crippen molar-refractivity contribution in [3.05, 3.63) is 11.5 Å². The Bertz CT molecular complexity index is 165. The zero-order chi connectivity index (χ0) is 7.94. The van der Waals surface area contributed by atoms with Gasteiger partial charge in [-0.1, -0.05) is 25.8 Å². The van der Waals surface area contributed by atoms with Crippen LogP contribution in [-0.2, 0) is 14.5 Å². The van der Waals surface area contributed by atoms with E-state index in [0.717, 1.165) is 5.38 Å². The molecule has 11 heavy (non-hydrogen) atoms. The van der Waals surface area contributed by atoms with E-state index in [1.54, 1.807) is 0 Å². The van der Waals surface area contributed by atoms with Crippen molar-refractivity contribution in [2.45, 2.75) is 25.8 Å². The molecule has 0 aliphatic carbocycles. The van der Waals surface area contributed by atoms with Gasteiger partial charge in [0.1, 0.15) is 19.9 Å². The number of carbonyl (C=O) groups excluding carboxylic acids is 1. The molecule has 1 aliphatic rings. The predicted molar refractivity (Wildman–Crippen MR) is 44.6 cm³/mol. The van der Waals surface area contributed by atoms with E-state index < -0.39 is 0 Å². The molecule has 1 aliphatic heterocycles. The van der Waals surface area contributed by atoms with Gasteiger partial charge in [-0.3, -0.25) is 0 Å². The summed E-state index contributed by atoms with van der Waals surface area (Å²) in [5.74, 6) is 0. The minimum Gasteiger partial charge on any atom is -0.222 e. The zero-order valence-electron chi connectivity index (χ0n) is 6.71. The van der Waals surface area contributed by atoms with E-state index in [0.29, 0.717) is 0 Å². The number of unbranched alkanes of at least 4 members (excludes halogenated alkanes) is 1. The number of allylic oxidation sites excluding steroid dienone is 1. The molecule has 0 atom stereocenters. The lowest BCUT2D eigenvalue weighted by Crippen LogP contribution is -2.06. The number of aldehydes is 1. The largest absolute Gasteiger partial charge is 0.406 e. The molecular formula is C7H13O3Si+. The third-order valence-corrected chi connectivity index (χ3v) is 3.22. The Balaban J connectivity index is 2.15. The standard InChI is InChI=1S/C7H13O3Si/c1-2-3-6-11-7-4-5-8-10-9-7/h4-5H,2-3,6,11H2,1H3/q+1. The monoisotopic (exact) mass is 173 g/mol. The normalized spacial score (nSPS) is 16.3. The molecule has 0 spiro atoms. The molecule has 0 saturated heterocycles. The van der Waals surface area contributed by atoms with Crippen molar-refractivity contribution in [1.82, 2.24) is 0 Å². The SMILES string of the molecule is CCCC[SiH2]C1=CC=[O+]OO1. The molecule has 0 saturated carbocycles. The minimum atomic E-state index is -0.243. The van der Waals surface area contributed by atoms with Gasteiger partial charge in [0.25, 0.3) is 0 Å². The Morgan fingerprint density at radius 1 is 1.64 bits per heavy atom. The quantitative estimate of drug-likeness (QED) is 0.207. The van der Waals surface area contributed by atoms with Crippen molar-refractivity contribution in [2.75, 3.05) is 0 Å². The van der Waals surface area contributed by atoms with Gasteiger partial charge in [0.2, 0.25) is 0 Å². The highest BCUT2D eigenvalue weighted by atomic mass is 28.2. The van der Waals surface area contributed by atoms with E-state index in [-0.39, 0.29) is 9.52 Å². The molecule has 0 amide bonds. The minimum absolute atomic E-state index is 0.243. The van der Waals surface area contributed by atoms with E-state index in [9.17, 15) is 0 Å². The number of hydrogen-bond acceptors (Lipinski definition) is 2. The third-order valence-electron chi connectivity index (χ3n) is 1.52. The molecule has 0 unspecified atom stereocenters. The van der Waals surface area contributed by atoms with Crippen molar-refractivity contribution in [2.24, 2.45) is 0 Å². The van der Waals surface area contributed by atoms with Crippen LogP contribution in [0.15, 0.2) is 11.5 Å². The molecule has 1 rings (SSSR count). The molecule has 3 nitrogen and oxygen atoms in total. The van der Waals surface area contributed by atoms with Crippen LogP contribution in [0.1, 0.15) is 19.8 Å². The molecule has 0 radical (unpaired) electrons. The second kappa shape index (κ2) is 4.95. The summed E-state index contributed by atoms with van der Waals surface area (Å²) in [4.78, 5) is 4.79. The van der Waals surface area contributed by atoms with Crippen LogP contribution >= 0.6 is 0 Å². The number of rotatable bonds is 4. The summed E-state index contributed by atoms with van der Waals surface area (Å²) in [5, 5.41) is 5.30. The number of hydrogen-bond donors (Lipinski definition) is 0. The first-order chi connectivity index (χ1) is 5.43. The van der Waals surface area contributed by atoms with Crippen molar-refractivity contribution in [3.63, 3.8) is 0 Å². The summed E-state index contributed by atoms with van der Waals surface area (Å²) >= 11 is 0. The van der Waals surface area contributed by atoms with Crippen LogP contribution in [0.4, 0.5) is 0 Å². The first-order valence-electron chi connectivity index (χ1n) is 3.96. The van der Waals surface area contributed by atoms with Crippen molar-refractivity contribution in [3.8, 4) is 0 Å². The summed E-state index contributed by atoms with van der Waals surface area (Å²) < 4.78 is 4.40. The molecule has 0 aromatic rings. The molecule has 62 valence electrons. The lowest BCUT2D eigenvalue weighted by atomic mass is 10.4. The first-order valence-corrected chi connectivity index (χ1v) is 5.66. The van der Waals surface area contributed by atoms with Crippen molar-refractivity contribution >= 4 is 15.8 Å². The third kappa shape index (κ3) is 3.22. The summed E-state index contributed by atoms with van der Waals surface area (Å²) in [6.07, 6.45) is 5.89. The van der Waals surface area contributed by atoms with Crippen LogP contribution < -0.4 is 0 Å². The van der Waals surface area contributed by atoms with E-state index >= 15 is 0 Å². The second-order valence-corrected chi connectivity index (χ2v) is 4.38. The van der Waals surface area contributed by atoms with Gasteiger partial charge >= 0.3 is 6.29 Å². The van der Waals surface area contributed by atoms with Gasteiger partial charge < -0.3 is 0 Å². The van der Waals surface area contributed by atoms with E-state index in [4.69, 9.17) is 4.89 Å². The Morgan fingerprint density at radius 2 is 2.55 bits per heavy atom. The fourth-order valence-corrected chi connectivity index (χ4v) is 2.38. The Labute approximate surface area is 68.4 Å². The lowest BCUT2D eigenvalue weighted by molar-refractivity contribution is -0.843. The topological polar surface area (TPSA) is 29.8 Å². The summed E-state index contributed by atoms with van der Waals surface area (Å²) in [7, 11) is -0.243. The average Bonchev–Trinajstić information content (AvgIpc) is 2.07. The molecule has 0 N–H and O–H groups in total. The molecule has 0 fully saturated rings. The van der Waals surface area contributed by atoms with Crippen molar-refractivity contribution < 1.29 is 14.5 Å².